The Labute approximate surface area is 292 Å². The van der Waals surface area contributed by atoms with Crippen molar-refractivity contribution in [3.63, 3.8) is 0 Å². The van der Waals surface area contributed by atoms with Crippen molar-refractivity contribution in [3.05, 3.63) is 172 Å². The van der Waals surface area contributed by atoms with Crippen LogP contribution in [0.15, 0.2) is 139 Å². The van der Waals surface area contributed by atoms with Crippen LogP contribution in [0.25, 0.3) is 39.2 Å². The van der Waals surface area contributed by atoms with Gasteiger partial charge in [0.25, 0.3) is 0 Å². The van der Waals surface area contributed by atoms with Crippen LogP contribution < -0.4 is 4.90 Å². The van der Waals surface area contributed by atoms with E-state index < -0.39 is 0 Å². The average molecular weight is 643 g/mol. The molecular weight excluding hydrogens is 609 g/mol. The van der Waals surface area contributed by atoms with Crippen LogP contribution in [0.3, 0.4) is 0 Å². The van der Waals surface area contributed by atoms with Crippen molar-refractivity contribution in [2.75, 3.05) is 4.90 Å². The molecule has 3 aliphatic rings. The Hall–Kier alpha value is -6.36. The Morgan fingerprint density at radius 3 is 2.36 bits per heavy atom. The van der Waals surface area contributed by atoms with Gasteiger partial charge in [-0.15, -0.1) is 0 Å². The summed E-state index contributed by atoms with van der Waals surface area (Å²) in [5.41, 5.74) is 15.8. The summed E-state index contributed by atoms with van der Waals surface area (Å²) in [5, 5.41) is 22.4. The van der Waals surface area contributed by atoms with Crippen LogP contribution in [-0.4, -0.2) is 4.57 Å². The Morgan fingerprint density at radius 1 is 0.680 bits per heavy atom. The third-order valence-corrected chi connectivity index (χ3v) is 10.5. The largest absolute Gasteiger partial charge is 0.339 e. The molecule has 0 saturated carbocycles. The number of hydrogen-bond donors (Lipinski definition) is 0. The maximum Gasteiger partial charge on any atom is 0.100 e. The van der Waals surface area contributed by atoms with Gasteiger partial charge in [-0.1, -0.05) is 97.1 Å². The average Bonchev–Trinajstić information content (AvgIpc) is 3.50. The second-order valence-corrected chi connectivity index (χ2v) is 13.3. The summed E-state index contributed by atoms with van der Waals surface area (Å²) in [5.74, 6) is 0. The van der Waals surface area contributed by atoms with Gasteiger partial charge in [-0.3, -0.25) is 0 Å². The summed E-state index contributed by atoms with van der Waals surface area (Å²) in [6.07, 6.45) is 14.1. The number of benzene rings is 5. The molecule has 9 rings (SSSR count). The minimum absolute atomic E-state index is 0.505. The summed E-state index contributed by atoms with van der Waals surface area (Å²) in [6, 6.07) is 43.0. The Kier molecular flexibility index (Phi) is 7.30. The van der Waals surface area contributed by atoms with Gasteiger partial charge in [-0.25, -0.2) is 0 Å². The van der Waals surface area contributed by atoms with E-state index in [1.165, 1.54) is 44.7 Å². The van der Waals surface area contributed by atoms with Gasteiger partial charge in [0.15, 0.2) is 0 Å². The van der Waals surface area contributed by atoms with Gasteiger partial charge in [-0.05, 0) is 96.3 Å². The third-order valence-electron chi connectivity index (χ3n) is 10.5. The fourth-order valence-corrected chi connectivity index (χ4v) is 8.27. The number of nitrogens with zero attached hydrogens (tertiary/aromatic N) is 4. The van der Waals surface area contributed by atoms with Crippen molar-refractivity contribution >= 4 is 28.4 Å². The van der Waals surface area contributed by atoms with Gasteiger partial charge in [0.2, 0.25) is 0 Å². The number of hydrogen-bond acceptors (Lipinski definition) is 3. The Morgan fingerprint density at radius 2 is 1.46 bits per heavy atom. The van der Waals surface area contributed by atoms with Crippen LogP contribution in [0.5, 0.6) is 0 Å². The Balaban J connectivity index is 1.17. The zero-order valence-electron chi connectivity index (χ0n) is 27.7. The second kappa shape index (κ2) is 12.3. The molecule has 1 aliphatic heterocycles. The summed E-state index contributed by atoms with van der Waals surface area (Å²) >= 11 is 0. The van der Waals surface area contributed by atoms with Crippen molar-refractivity contribution < 1.29 is 0 Å². The minimum atomic E-state index is 0.505. The van der Waals surface area contributed by atoms with Crippen LogP contribution in [0, 0.1) is 22.7 Å². The van der Waals surface area contributed by atoms with Crippen LogP contribution in [0.4, 0.5) is 11.4 Å². The van der Waals surface area contributed by atoms with Gasteiger partial charge in [0.05, 0.1) is 22.9 Å². The fourth-order valence-electron chi connectivity index (χ4n) is 8.27. The van der Waals surface area contributed by atoms with Crippen LogP contribution in [-0.2, 0) is 19.4 Å². The normalized spacial score (nSPS) is 14.6. The molecule has 238 valence electrons. The zero-order valence-corrected chi connectivity index (χ0v) is 27.7. The molecular formula is C46H34N4. The van der Waals surface area contributed by atoms with Gasteiger partial charge in [-0.2, -0.15) is 10.5 Å². The van der Waals surface area contributed by atoms with E-state index in [1.54, 1.807) is 0 Å². The number of allylic oxidation sites excluding steroid dienone is 4. The molecule has 4 nitrogen and oxygen atoms in total. The van der Waals surface area contributed by atoms with Crippen LogP contribution >= 0.6 is 0 Å². The molecule has 0 N–H and O–H groups in total. The molecule has 0 unspecified atom stereocenters. The predicted molar refractivity (Wildman–Crippen MR) is 203 cm³/mol. The summed E-state index contributed by atoms with van der Waals surface area (Å²) < 4.78 is 2.37. The molecule has 5 aromatic carbocycles. The molecule has 0 atom stereocenters. The van der Waals surface area contributed by atoms with Crippen molar-refractivity contribution in [2.45, 2.75) is 38.6 Å². The predicted octanol–water partition coefficient (Wildman–Crippen LogP) is 11.0. The van der Waals surface area contributed by atoms with E-state index >= 15 is 0 Å². The minimum Gasteiger partial charge on any atom is -0.339 e. The van der Waals surface area contributed by atoms with Gasteiger partial charge in [0, 0.05) is 51.2 Å². The quantitative estimate of drug-likeness (QED) is 0.188. The number of nitriles is 2. The fraction of sp³-hybridized carbons (Fsp3) is 0.130. The molecule has 0 bridgehead atoms. The van der Waals surface area contributed by atoms with Crippen molar-refractivity contribution in [1.29, 1.82) is 10.5 Å². The molecule has 4 heteroatoms. The second-order valence-electron chi connectivity index (χ2n) is 13.3. The van der Waals surface area contributed by atoms with E-state index in [4.69, 9.17) is 0 Å². The lowest BCUT2D eigenvalue weighted by molar-refractivity contribution is 0.754. The summed E-state index contributed by atoms with van der Waals surface area (Å²) in [6.45, 7) is 0.563. The molecule has 0 spiro atoms. The molecule has 0 saturated heterocycles. The Bertz CT molecular complexity index is 2530. The molecule has 1 aromatic heterocycles. The lowest BCUT2D eigenvalue weighted by Gasteiger charge is -2.37. The smallest absolute Gasteiger partial charge is 0.100 e. The van der Waals surface area contributed by atoms with E-state index in [-0.39, 0.29) is 0 Å². The highest BCUT2D eigenvalue weighted by Crippen LogP contribution is 2.46. The van der Waals surface area contributed by atoms with Gasteiger partial charge < -0.3 is 9.47 Å². The third kappa shape index (κ3) is 4.80. The van der Waals surface area contributed by atoms with Crippen LogP contribution in [0.2, 0.25) is 0 Å². The number of para-hydroxylation sites is 3. The van der Waals surface area contributed by atoms with E-state index in [9.17, 15) is 10.5 Å². The first-order valence-electron chi connectivity index (χ1n) is 17.4. The summed E-state index contributed by atoms with van der Waals surface area (Å²) in [7, 11) is 0. The number of fused-ring (bicyclic) bond motifs is 4. The number of anilines is 2. The lowest BCUT2D eigenvalue weighted by Crippen LogP contribution is -2.24. The molecule has 0 fully saturated rings. The maximum absolute atomic E-state index is 10.8. The maximum atomic E-state index is 10.8. The van der Waals surface area contributed by atoms with E-state index in [0.717, 1.165) is 60.0 Å². The lowest BCUT2D eigenvalue weighted by atomic mass is 9.88. The molecule has 2 aliphatic carbocycles. The first-order valence-corrected chi connectivity index (χ1v) is 17.4. The van der Waals surface area contributed by atoms with Crippen molar-refractivity contribution in [2.24, 2.45) is 0 Å². The van der Waals surface area contributed by atoms with Crippen molar-refractivity contribution in [3.8, 4) is 34.4 Å². The molecule has 2 heterocycles. The number of aromatic nitrogens is 1. The van der Waals surface area contributed by atoms with Gasteiger partial charge >= 0.3 is 0 Å². The van der Waals surface area contributed by atoms with Crippen LogP contribution in [0.1, 0.15) is 52.8 Å². The molecule has 6 aromatic rings. The first kappa shape index (κ1) is 29.8. The highest BCUT2D eigenvalue weighted by atomic mass is 15.2. The monoisotopic (exact) mass is 642 g/mol. The topological polar surface area (TPSA) is 55.8 Å². The SMILES string of the molecule is N#Cc1ccc(Cn2c3c(c4ccccc42)C=CCC3)c(C#N)c1-c1cccc(-c2ccccc2N2C3=C(CCC=C3)Cc3ccccc32)c1. The highest BCUT2D eigenvalue weighted by Gasteiger charge is 2.28. The standard InChI is InChI=1S/C46H34N4/c47-28-35-24-25-36(30-49-43-21-8-4-17-38(43)39-18-5-9-22-44(39)49)40(29-48)46(35)34-15-11-14-31(26-34)37-16-3-10-23-45(37)50-41-19-6-1-12-32(41)27-33-13-2-7-20-42(33)50/h1,3-8,10-12,14-21,23-26H,2,9,13,22,27,30H2. The zero-order chi connectivity index (χ0) is 33.6. The summed E-state index contributed by atoms with van der Waals surface area (Å²) in [4.78, 5) is 2.42. The highest BCUT2D eigenvalue weighted by molar-refractivity contribution is 5.93. The first-order chi connectivity index (χ1) is 24.7. The van der Waals surface area contributed by atoms with E-state index in [0.29, 0.717) is 23.2 Å². The van der Waals surface area contributed by atoms with Crippen molar-refractivity contribution in [1.82, 2.24) is 4.57 Å². The van der Waals surface area contributed by atoms with E-state index in [2.05, 4.69) is 131 Å². The molecule has 50 heavy (non-hydrogen) atoms. The van der Waals surface area contributed by atoms with E-state index in [1.807, 2.05) is 24.3 Å². The molecule has 0 amide bonds. The van der Waals surface area contributed by atoms with Gasteiger partial charge in [0.1, 0.15) is 6.07 Å². The number of rotatable bonds is 5. The molecule has 0 radical (unpaired) electrons.